The maximum atomic E-state index is 12.2. The lowest BCUT2D eigenvalue weighted by Crippen LogP contribution is -2.39. The van der Waals surface area contributed by atoms with Crippen molar-refractivity contribution >= 4 is 11.6 Å². The monoisotopic (exact) mass is 402 g/mol. The Kier molecular flexibility index (Phi) is 6.94. The molecule has 3 rings (SSSR count). The van der Waals surface area contributed by atoms with Gasteiger partial charge in [-0.2, -0.15) is 8.78 Å². The first-order valence-corrected chi connectivity index (χ1v) is 9.31. The topological polar surface area (TPSA) is 67.0 Å². The molecular formula is C20H24F2N6O. The molecule has 1 N–H and O–H groups in total. The number of ether oxygens (including phenoxy) is 1. The summed E-state index contributed by atoms with van der Waals surface area (Å²) < 4.78 is 30.8. The van der Waals surface area contributed by atoms with E-state index in [1.165, 1.54) is 12.1 Å². The molecule has 2 heterocycles. The average Bonchev–Trinajstić information content (AvgIpc) is 3.12. The Morgan fingerprint density at radius 3 is 2.72 bits per heavy atom. The van der Waals surface area contributed by atoms with Gasteiger partial charge in [0.05, 0.1) is 0 Å². The number of aromatic nitrogens is 3. The molecular weight excluding hydrogens is 378 g/mol. The number of nitrogens with one attached hydrogen (secondary N) is 1. The lowest BCUT2D eigenvalue weighted by molar-refractivity contribution is -0.0498. The number of halogens is 2. The number of benzene rings is 1. The molecule has 0 bridgehead atoms. The van der Waals surface area contributed by atoms with Crippen LogP contribution in [0, 0.1) is 0 Å². The summed E-state index contributed by atoms with van der Waals surface area (Å²) >= 11 is 0. The molecule has 0 aliphatic rings. The van der Waals surface area contributed by atoms with Gasteiger partial charge in [0.2, 0.25) is 0 Å². The van der Waals surface area contributed by atoms with Crippen molar-refractivity contribution in [2.45, 2.75) is 26.0 Å². The molecule has 154 valence electrons. The van der Waals surface area contributed by atoms with Gasteiger partial charge in [-0.1, -0.05) is 18.2 Å². The molecule has 0 unspecified atom stereocenters. The van der Waals surface area contributed by atoms with Crippen LogP contribution in [0.25, 0.3) is 5.65 Å². The summed E-state index contributed by atoms with van der Waals surface area (Å²) in [6.07, 6.45) is 3.63. The third-order valence-electron chi connectivity index (χ3n) is 4.39. The average molecular weight is 402 g/mol. The second kappa shape index (κ2) is 9.81. The van der Waals surface area contributed by atoms with E-state index in [1.807, 2.05) is 40.7 Å². The molecule has 0 fully saturated rings. The zero-order valence-electron chi connectivity index (χ0n) is 16.4. The lowest BCUT2D eigenvalue weighted by atomic mass is 10.2. The molecule has 3 aromatic rings. The Labute approximate surface area is 168 Å². The van der Waals surface area contributed by atoms with Gasteiger partial charge < -0.3 is 15.0 Å². The smallest absolute Gasteiger partial charge is 0.387 e. The van der Waals surface area contributed by atoms with Crippen molar-refractivity contribution in [3.05, 3.63) is 60.0 Å². The van der Waals surface area contributed by atoms with Gasteiger partial charge in [-0.3, -0.25) is 9.39 Å². The van der Waals surface area contributed by atoms with E-state index in [4.69, 9.17) is 0 Å². The second-order valence-corrected chi connectivity index (χ2v) is 6.50. The fraction of sp³-hybridized carbons (Fsp3) is 0.350. The summed E-state index contributed by atoms with van der Waals surface area (Å²) in [4.78, 5) is 6.27. The zero-order chi connectivity index (χ0) is 20.6. The van der Waals surface area contributed by atoms with Crippen LogP contribution in [0.15, 0.2) is 53.7 Å². The number of guanidine groups is 1. The van der Waals surface area contributed by atoms with Crippen LogP contribution < -0.4 is 10.1 Å². The van der Waals surface area contributed by atoms with Crippen LogP contribution in [0.1, 0.15) is 17.8 Å². The van der Waals surface area contributed by atoms with Crippen molar-refractivity contribution in [2.24, 2.45) is 4.99 Å². The zero-order valence-corrected chi connectivity index (χ0v) is 16.4. The van der Waals surface area contributed by atoms with Crippen molar-refractivity contribution in [1.29, 1.82) is 0 Å². The van der Waals surface area contributed by atoms with Crippen molar-refractivity contribution < 1.29 is 13.5 Å². The highest BCUT2D eigenvalue weighted by molar-refractivity contribution is 5.79. The molecule has 0 aliphatic heterocycles. The third kappa shape index (κ3) is 5.63. The fourth-order valence-electron chi connectivity index (χ4n) is 3.02. The van der Waals surface area contributed by atoms with Crippen molar-refractivity contribution in [3.8, 4) is 5.75 Å². The lowest BCUT2D eigenvalue weighted by Gasteiger charge is -2.22. The molecule has 7 nitrogen and oxygen atoms in total. The minimum Gasteiger partial charge on any atom is -0.435 e. The highest BCUT2D eigenvalue weighted by atomic mass is 19.3. The van der Waals surface area contributed by atoms with Gasteiger partial charge in [0.25, 0.3) is 0 Å². The van der Waals surface area contributed by atoms with Crippen LogP contribution in [0.3, 0.4) is 0 Å². The molecule has 0 aliphatic carbocycles. The second-order valence-electron chi connectivity index (χ2n) is 6.50. The van der Waals surface area contributed by atoms with E-state index in [-0.39, 0.29) is 5.75 Å². The number of aliphatic imine (C=N–C) groups is 1. The number of nitrogens with zero attached hydrogens (tertiary/aromatic N) is 5. The predicted octanol–water partition coefficient (Wildman–Crippen LogP) is 2.97. The Morgan fingerprint density at radius 1 is 1.21 bits per heavy atom. The number of rotatable bonds is 8. The molecule has 0 amide bonds. The molecule has 2 aromatic heterocycles. The van der Waals surface area contributed by atoms with E-state index in [0.717, 1.165) is 42.4 Å². The van der Waals surface area contributed by atoms with Crippen LogP contribution in [0.5, 0.6) is 5.75 Å². The van der Waals surface area contributed by atoms with Crippen LogP contribution in [-0.2, 0) is 13.0 Å². The number of aryl methyl sites for hydroxylation is 1. The summed E-state index contributed by atoms with van der Waals surface area (Å²) in [7, 11) is 3.65. The summed E-state index contributed by atoms with van der Waals surface area (Å²) in [5, 5.41) is 11.7. The Hall–Kier alpha value is -3.23. The molecule has 0 saturated carbocycles. The maximum Gasteiger partial charge on any atom is 0.387 e. The predicted molar refractivity (Wildman–Crippen MR) is 107 cm³/mol. The van der Waals surface area contributed by atoms with E-state index in [2.05, 4.69) is 25.2 Å². The van der Waals surface area contributed by atoms with Gasteiger partial charge >= 0.3 is 6.61 Å². The number of pyridine rings is 1. The highest BCUT2D eigenvalue weighted by Crippen LogP contribution is 2.15. The van der Waals surface area contributed by atoms with E-state index in [0.29, 0.717) is 6.54 Å². The Bertz CT molecular complexity index is 942. The molecule has 0 saturated heterocycles. The van der Waals surface area contributed by atoms with E-state index >= 15 is 0 Å². The first-order valence-electron chi connectivity index (χ1n) is 9.31. The Balaban J connectivity index is 1.46. The summed E-state index contributed by atoms with van der Waals surface area (Å²) in [5.41, 5.74) is 1.81. The summed E-state index contributed by atoms with van der Waals surface area (Å²) in [6, 6.07) is 12.4. The highest BCUT2D eigenvalue weighted by Gasteiger charge is 2.09. The molecule has 29 heavy (non-hydrogen) atoms. The minimum atomic E-state index is -2.82. The number of fused-ring (bicyclic) bond motifs is 1. The van der Waals surface area contributed by atoms with E-state index < -0.39 is 6.61 Å². The van der Waals surface area contributed by atoms with Crippen LogP contribution in [-0.4, -0.2) is 52.7 Å². The first-order chi connectivity index (χ1) is 14.1. The Morgan fingerprint density at radius 2 is 2.00 bits per heavy atom. The van der Waals surface area contributed by atoms with Gasteiger partial charge in [0, 0.05) is 39.8 Å². The van der Waals surface area contributed by atoms with Gasteiger partial charge in [0.1, 0.15) is 11.6 Å². The number of hydrogen-bond donors (Lipinski definition) is 1. The minimum absolute atomic E-state index is 0.148. The van der Waals surface area contributed by atoms with Crippen LogP contribution in [0.2, 0.25) is 0 Å². The fourth-order valence-corrected chi connectivity index (χ4v) is 3.02. The van der Waals surface area contributed by atoms with Crippen molar-refractivity contribution in [2.75, 3.05) is 20.6 Å². The van der Waals surface area contributed by atoms with E-state index in [9.17, 15) is 8.78 Å². The van der Waals surface area contributed by atoms with Gasteiger partial charge in [-0.15, -0.1) is 10.2 Å². The summed E-state index contributed by atoms with van der Waals surface area (Å²) in [6.45, 7) is -1.49. The first kappa shape index (κ1) is 20.5. The number of alkyl halides is 2. The van der Waals surface area contributed by atoms with Gasteiger partial charge in [-0.05, 0) is 36.2 Å². The maximum absolute atomic E-state index is 12.2. The number of hydrogen-bond acceptors (Lipinski definition) is 4. The molecule has 0 spiro atoms. The quantitative estimate of drug-likeness (QED) is 0.357. The SMILES string of the molecule is CN=C(NCCCc1nnc2ccccn12)N(C)Cc1ccc(OC(F)F)cc1. The van der Waals surface area contributed by atoms with Crippen LogP contribution in [0.4, 0.5) is 8.78 Å². The normalized spacial score (nSPS) is 11.8. The molecule has 9 heteroatoms. The van der Waals surface area contributed by atoms with Crippen molar-refractivity contribution in [1.82, 2.24) is 24.8 Å². The molecule has 0 atom stereocenters. The van der Waals surface area contributed by atoms with Gasteiger partial charge in [0.15, 0.2) is 11.6 Å². The largest absolute Gasteiger partial charge is 0.435 e. The standard InChI is InChI=1S/C20H24F2N6O/c1-23-20(27(2)14-15-8-10-16(11-9-15)29-19(21)22)24-12-5-7-18-26-25-17-6-3-4-13-28(17)18/h3-4,6,8-11,13,19H,5,7,12,14H2,1-2H3,(H,23,24). The summed E-state index contributed by atoms with van der Waals surface area (Å²) in [5.74, 6) is 1.83. The molecule has 0 radical (unpaired) electrons. The third-order valence-corrected chi connectivity index (χ3v) is 4.39. The van der Waals surface area contributed by atoms with Gasteiger partial charge in [-0.25, -0.2) is 0 Å². The van der Waals surface area contributed by atoms with E-state index in [1.54, 1.807) is 19.2 Å². The van der Waals surface area contributed by atoms with Crippen LogP contribution >= 0.6 is 0 Å². The molecule has 1 aromatic carbocycles. The van der Waals surface area contributed by atoms with Crippen molar-refractivity contribution in [3.63, 3.8) is 0 Å².